The lowest BCUT2D eigenvalue weighted by atomic mass is 9.78. The van der Waals surface area contributed by atoms with Crippen molar-refractivity contribution in [3.8, 4) is 0 Å². The van der Waals surface area contributed by atoms with Crippen LogP contribution in [0.2, 0.25) is 0 Å². The molecule has 18 heavy (non-hydrogen) atoms. The van der Waals surface area contributed by atoms with Crippen LogP contribution in [0.3, 0.4) is 0 Å². The molecule has 2 N–H and O–H groups in total. The van der Waals surface area contributed by atoms with E-state index in [1.54, 1.807) is 6.20 Å². The fraction of sp³-hybridized carbons (Fsp3) is 0.615. The Morgan fingerprint density at radius 2 is 2.17 bits per heavy atom. The topological polar surface area (TPSA) is 69.1 Å². The van der Waals surface area contributed by atoms with Gasteiger partial charge in [0.2, 0.25) is 5.65 Å². The van der Waals surface area contributed by atoms with Gasteiger partial charge >= 0.3 is 0 Å². The second-order valence-electron chi connectivity index (χ2n) is 5.86. The summed E-state index contributed by atoms with van der Waals surface area (Å²) >= 11 is 0. The van der Waals surface area contributed by atoms with Crippen LogP contribution in [0, 0.1) is 5.41 Å². The Morgan fingerprint density at radius 1 is 1.28 bits per heavy atom. The van der Waals surface area contributed by atoms with Crippen molar-refractivity contribution >= 4 is 11.5 Å². The number of aromatic nitrogens is 4. The van der Waals surface area contributed by atoms with Crippen LogP contribution >= 0.6 is 0 Å². The number of anilines is 1. The Balaban J connectivity index is 1.76. The first-order valence-electron chi connectivity index (χ1n) is 6.73. The van der Waals surface area contributed by atoms with E-state index in [-0.39, 0.29) is 0 Å². The maximum atomic E-state index is 5.83. The first kappa shape index (κ1) is 10.3. The van der Waals surface area contributed by atoms with E-state index in [9.17, 15) is 0 Å². The van der Waals surface area contributed by atoms with Crippen molar-refractivity contribution in [3.05, 3.63) is 18.2 Å². The van der Waals surface area contributed by atoms with Crippen LogP contribution < -0.4 is 5.73 Å². The minimum Gasteiger partial charge on any atom is -0.381 e. The van der Waals surface area contributed by atoms with E-state index in [0.29, 0.717) is 22.8 Å². The van der Waals surface area contributed by atoms with Gasteiger partial charge in [0, 0.05) is 18.3 Å². The molecule has 0 amide bonds. The van der Waals surface area contributed by atoms with Crippen LogP contribution in [-0.4, -0.2) is 19.6 Å². The molecule has 2 saturated carbocycles. The highest BCUT2D eigenvalue weighted by molar-refractivity contribution is 5.58. The average molecular weight is 243 g/mol. The molecular weight excluding hydrogens is 226 g/mol. The second kappa shape index (κ2) is 3.43. The molecule has 2 aliphatic rings. The van der Waals surface area contributed by atoms with Gasteiger partial charge in [-0.1, -0.05) is 6.42 Å². The van der Waals surface area contributed by atoms with Crippen molar-refractivity contribution in [2.24, 2.45) is 5.41 Å². The van der Waals surface area contributed by atoms with Crippen molar-refractivity contribution in [2.75, 3.05) is 5.73 Å². The summed E-state index contributed by atoms with van der Waals surface area (Å²) < 4.78 is 2.02. The van der Waals surface area contributed by atoms with Gasteiger partial charge in [-0.3, -0.25) is 4.40 Å². The largest absolute Gasteiger partial charge is 0.381 e. The fourth-order valence-corrected chi connectivity index (χ4v) is 3.44. The van der Waals surface area contributed by atoms with Crippen LogP contribution in [-0.2, 0) is 0 Å². The Bertz CT molecular complexity index is 598. The number of nitrogens with zero attached hydrogens (tertiary/aromatic N) is 4. The molecule has 2 heterocycles. The van der Waals surface area contributed by atoms with Crippen molar-refractivity contribution < 1.29 is 0 Å². The molecule has 1 spiro atoms. The Kier molecular flexibility index (Phi) is 1.96. The third kappa shape index (κ3) is 1.43. The molecule has 5 heteroatoms. The zero-order chi connectivity index (χ0) is 12.2. The Hall–Kier alpha value is -1.65. The fourth-order valence-electron chi connectivity index (χ4n) is 3.44. The smallest absolute Gasteiger partial charge is 0.203 e. The first-order chi connectivity index (χ1) is 8.77. The summed E-state index contributed by atoms with van der Waals surface area (Å²) in [6.45, 7) is 0. The van der Waals surface area contributed by atoms with Crippen LogP contribution in [0.4, 0.5) is 5.82 Å². The molecule has 0 aliphatic heterocycles. The average Bonchev–Trinajstić information content (AvgIpc) is 2.97. The van der Waals surface area contributed by atoms with E-state index in [1.807, 2.05) is 10.6 Å². The minimum absolute atomic E-state index is 0.466. The highest BCUT2D eigenvalue weighted by Crippen LogP contribution is 2.59. The summed E-state index contributed by atoms with van der Waals surface area (Å²) in [5.74, 6) is 2.08. The predicted octanol–water partition coefficient (Wildman–Crippen LogP) is 2.14. The maximum Gasteiger partial charge on any atom is 0.203 e. The van der Waals surface area contributed by atoms with Crippen molar-refractivity contribution in [1.29, 1.82) is 0 Å². The van der Waals surface area contributed by atoms with Gasteiger partial charge in [-0.25, -0.2) is 4.98 Å². The molecule has 94 valence electrons. The molecule has 4 rings (SSSR count). The number of rotatable bonds is 1. The van der Waals surface area contributed by atoms with Crippen LogP contribution in [0.1, 0.15) is 50.3 Å². The third-order valence-corrected chi connectivity index (χ3v) is 4.64. The number of hydrogen-bond donors (Lipinski definition) is 1. The van der Waals surface area contributed by atoms with Gasteiger partial charge in [0.1, 0.15) is 5.82 Å². The lowest BCUT2D eigenvalue weighted by Gasteiger charge is -2.27. The van der Waals surface area contributed by atoms with Gasteiger partial charge < -0.3 is 5.73 Å². The van der Waals surface area contributed by atoms with Crippen LogP contribution in [0.25, 0.3) is 5.65 Å². The quantitative estimate of drug-likeness (QED) is 0.833. The van der Waals surface area contributed by atoms with Crippen molar-refractivity contribution in [1.82, 2.24) is 19.6 Å². The second-order valence-corrected chi connectivity index (χ2v) is 5.86. The molecule has 0 radical (unpaired) electrons. The predicted molar refractivity (Wildman–Crippen MR) is 68.1 cm³/mol. The monoisotopic (exact) mass is 243 g/mol. The van der Waals surface area contributed by atoms with Crippen LogP contribution in [0.5, 0.6) is 0 Å². The molecule has 2 aromatic rings. The normalized spacial score (nSPS) is 25.7. The zero-order valence-electron chi connectivity index (χ0n) is 10.3. The summed E-state index contributed by atoms with van der Waals surface area (Å²) in [6, 6.07) is 0. The number of fused-ring (bicyclic) bond motifs is 1. The van der Waals surface area contributed by atoms with Gasteiger partial charge in [-0.15, -0.1) is 10.2 Å². The summed E-state index contributed by atoms with van der Waals surface area (Å²) in [7, 11) is 0. The van der Waals surface area contributed by atoms with E-state index in [0.717, 1.165) is 5.82 Å². The summed E-state index contributed by atoms with van der Waals surface area (Å²) in [5, 5.41) is 8.55. The van der Waals surface area contributed by atoms with Crippen molar-refractivity contribution in [3.63, 3.8) is 0 Å². The van der Waals surface area contributed by atoms with Gasteiger partial charge in [0.25, 0.3) is 0 Å². The van der Waals surface area contributed by atoms with E-state index in [1.165, 1.54) is 38.5 Å². The molecule has 0 bridgehead atoms. The molecule has 1 atom stereocenters. The standard InChI is InChI=1S/C13H17N5/c14-10-12-17-16-11(18(12)7-6-15-10)9-2-1-3-13(8-9)4-5-13/h6-7,9H,1-5,8H2,(H2,14,15). The van der Waals surface area contributed by atoms with Gasteiger partial charge in [0.05, 0.1) is 0 Å². The van der Waals surface area contributed by atoms with Gasteiger partial charge in [0.15, 0.2) is 5.82 Å². The van der Waals surface area contributed by atoms with Crippen molar-refractivity contribution in [2.45, 2.75) is 44.4 Å². The Morgan fingerprint density at radius 3 is 3.00 bits per heavy atom. The van der Waals surface area contributed by atoms with E-state index in [4.69, 9.17) is 5.73 Å². The number of nitrogen functional groups attached to an aromatic ring is 1. The summed E-state index contributed by atoms with van der Waals surface area (Å²) in [6.07, 6.45) is 11.7. The molecular formula is C13H17N5. The Labute approximate surface area is 105 Å². The zero-order valence-corrected chi connectivity index (χ0v) is 10.3. The molecule has 2 aliphatic carbocycles. The number of hydrogen-bond acceptors (Lipinski definition) is 4. The molecule has 0 saturated heterocycles. The highest BCUT2D eigenvalue weighted by Gasteiger charge is 2.46. The maximum absolute atomic E-state index is 5.83. The summed E-state index contributed by atoms with van der Waals surface area (Å²) in [4.78, 5) is 4.06. The summed E-state index contributed by atoms with van der Waals surface area (Å²) in [5.41, 5.74) is 7.17. The SMILES string of the molecule is Nc1nccn2c(C3CCCC4(CC4)C3)nnc12. The molecule has 5 nitrogen and oxygen atoms in total. The van der Waals surface area contributed by atoms with Crippen LogP contribution in [0.15, 0.2) is 12.4 Å². The van der Waals surface area contributed by atoms with E-state index < -0.39 is 0 Å². The lowest BCUT2D eigenvalue weighted by Crippen LogP contribution is -2.17. The van der Waals surface area contributed by atoms with Gasteiger partial charge in [-0.05, 0) is 37.5 Å². The minimum atomic E-state index is 0.466. The lowest BCUT2D eigenvalue weighted by molar-refractivity contribution is 0.293. The van der Waals surface area contributed by atoms with E-state index >= 15 is 0 Å². The van der Waals surface area contributed by atoms with E-state index in [2.05, 4.69) is 15.2 Å². The first-order valence-corrected chi connectivity index (χ1v) is 6.73. The number of nitrogens with two attached hydrogens (primary N) is 1. The highest BCUT2D eigenvalue weighted by atomic mass is 15.3. The molecule has 1 unspecified atom stereocenters. The third-order valence-electron chi connectivity index (χ3n) is 4.64. The van der Waals surface area contributed by atoms with Gasteiger partial charge in [-0.2, -0.15) is 0 Å². The molecule has 0 aromatic carbocycles. The molecule has 2 aromatic heterocycles. The molecule has 2 fully saturated rings.